The first-order valence-corrected chi connectivity index (χ1v) is 7.41. The van der Waals surface area contributed by atoms with Gasteiger partial charge in [0, 0.05) is 18.1 Å². The fourth-order valence-corrected chi connectivity index (χ4v) is 2.84. The van der Waals surface area contributed by atoms with E-state index in [1.165, 1.54) is 10.9 Å². The van der Waals surface area contributed by atoms with E-state index in [2.05, 4.69) is 19.9 Å². The molecule has 0 amide bonds. The van der Waals surface area contributed by atoms with Crippen LogP contribution in [0.3, 0.4) is 0 Å². The molecule has 0 saturated heterocycles. The first-order valence-electron chi connectivity index (χ1n) is 7.41. The minimum atomic E-state index is -0.455. The first-order chi connectivity index (χ1) is 11.6. The van der Waals surface area contributed by atoms with E-state index < -0.39 is 11.2 Å². The Morgan fingerprint density at radius 1 is 1.17 bits per heavy atom. The van der Waals surface area contributed by atoms with Crippen molar-refractivity contribution >= 4 is 22.1 Å². The molecule has 0 bridgehead atoms. The van der Waals surface area contributed by atoms with Crippen molar-refractivity contribution in [3.8, 4) is 0 Å². The van der Waals surface area contributed by atoms with Crippen LogP contribution in [0.25, 0.3) is 22.1 Å². The van der Waals surface area contributed by atoms with Crippen LogP contribution in [0.15, 0.2) is 40.2 Å². The minimum Gasteiger partial charge on any atom is -0.330 e. The third kappa shape index (κ3) is 2.03. The Morgan fingerprint density at radius 2 is 1.96 bits per heavy atom. The molecule has 0 saturated carbocycles. The molecular formula is C16H14N6O2. The average Bonchev–Trinajstić information content (AvgIpc) is 3.07. The molecular weight excluding hydrogens is 308 g/mol. The molecule has 0 unspecified atom stereocenters. The zero-order valence-electron chi connectivity index (χ0n) is 13.1. The fourth-order valence-electron chi connectivity index (χ4n) is 2.84. The van der Waals surface area contributed by atoms with Crippen LogP contribution in [0.4, 0.5) is 0 Å². The highest BCUT2D eigenvalue weighted by molar-refractivity contribution is 5.80. The van der Waals surface area contributed by atoms with Gasteiger partial charge in [-0.3, -0.25) is 13.9 Å². The number of hydrogen-bond donors (Lipinski definition) is 1. The Morgan fingerprint density at radius 3 is 2.79 bits per heavy atom. The van der Waals surface area contributed by atoms with Crippen LogP contribution in [0.5, 0.6) is 0 Å². The zero-order valence-corrected chi connectivity index (χ0v) is 13.1. The second kappa shape index (κ2) is 5.12. The Bertz CT molecular complexity index is 1200. The highest BCUT2D eigenvalue weighted by Gasteiger charge is 2.14. The molecule has 0 spiro atoms. The standard InChI is InChI=1S/C16H14N6O2/c1-9-10-5-3-4-6-11(10)20-12(19-9)7-22-15(23)13-14(18-8-17-13)21(2)16(22)24/h3-6,8H,7H2,1-2H3,(H,17,18). The van der Waals surface area contributed by atoms with Crippen LogP contribution in [-0.4, -0.2) is 29.1 Å². The van der Waals surface area contributed by atoms with E-state index in [9.17, 15) is 9.59 Å². The van der Waals surface area contributed by atoms with Crippen molar-refractivity contribution in [2.24, 2.45) is 7.05 Å². The highest BCUT2D eigenvalue weighted by Crippen LogP contribution is 2.14. The van der Waals surface area contributed by atoms with Gasteiger partial charge in [-0.15, -0.1) is 0 Å². The van der Waals surface area contributed by atoms with Crippen molar-refractivity contribution in [3.63, 3.8) is 0 Å². The number of aromatic amines is 1. The van der Waals surface area contributed by atoms with Gasteiger partial charge in [0.1, 0.15) is 11.5 Å². The van der Waals surface area contributed by atoms with Gasteiger partial charge in [-0.2, -0.15) is 0 Å². The van der Waals surface area contributed by atoms with Gasteiger partial charge in [0.25, 0.3) is 5.56 Å². The number of aromatic nitrogens is 6. The van der Waals surface area contributed by atoms with Crippen LogP contribution in [0, 0.1) is 6.92 Å². The Balaban J connectivity index is 1.91. The molecule has 3 aromatic heterocycles. The van der Waals surface area contributed by atoms with E-state index in [4.69, 9.17) is 0 Å². The summed E-state index contributed by atoms with van der Waals surface area (Å²) in [7, 11) is 1.59. The van der Waals surface area contributed by atoms with E-state index >= 15 is 0 Å². The number of H-pyrrole nitrogens is 1. The molecule has 0 fully saturated rings. The van der Waals surface area contributed by atoms with Crippen molar-refractivity contribution < 1.29 is 0 Å². The topological polar surface area (TPSA) is 98.5 Å². The number of para-hydroxylation sites is 1. The van der Waals surface area contributed by atoms with Crippen LogP contribution < -0.4 is 11.2 Å². The molecule has 8 heteroatoms. The second-order valence-corrected chi connectivity index (χ2v) is 5.58. The molecule has 4 rings (SSSR count). The number of nitrogens with one attached hydrogen (secondary N) is 1. The number of nitrogens with zero attached hydrogens (tertiary/aromatic N) is 5. The molecule has 0 aliphatic heterocycles. The van der Waals surface area contributed by atoms with Gasteiger partial charge in [-0.1, -0.05) is 18.2 Å². The van der Waals surface area contributed by atoms with Gasteiger partial charge < -0.3 is 4.98 Å². The molecule has 1 aromatic carbocycles. The third-order valence-electron chi connectivity index (χ3n) is 4.06. The molecule has 120 valence electrons. The van der Waals surface area contributed by atoms with Crippen LogP contribution in [0.1, 0.15) is 11.5 Å². The van der Waals surface area contributed by atoms with Gasteiger partial charge >= 0.3 is 5.69 Å². The van der Waals surface area contributed by atoms with Gasteiger partial charge in [-0.25, -0.2) is 19.7 Å². The summed E-state index contributed by atoms with van der Waals surface area (Å²) in [5.74, 6) is 0.417. The Kier molecular flexibility index (Phi) is 3.05. The maximum atomic E-state index is 12.5. The molecule has 0 radical (unpaired) electrons. The molecule has 0 aliphatic carbocycles. The lowest BCUT2D eigenvalue weighted by Gasteiger charge is -2.09. The summed E-state index contributed by atoms with van der Waals surface area (Å²) in [6, 6.07) is 7.63. The predicted octanol–water partition coefficient (Wildman–Crippen LogP) is 0.723. The van der Waals surface area contributed by atoms with E-state index in [-0.39, 0.29) is 12.1 Å². The largest absolute Gasteiger partial charge is 0.332 e. The summed E-state index contributed by atoms with van der Waals surface area (Å²) in [5, 5.41) is 0.948. The molecule has 0 atom stereocenters. The van der Waals surface area contributed by atoms with E-state index in [1.807, 2.05) is 31.2 Å². The third-order valence-corrected chi connectivity index (χ3v) is 4.06. The minimum absolute atomic E-state index is 0.0000189. The number of benzene rings is 1. The summed E-state index contributed by atoms with van der Waals surface area (Å²) in [6.45, 7) is 1.88. The van der Waals surface area contributed by atoms with Gasteiger partial charge in [0.15, 0.2) is 5.52 Å². The lowest BCUT2D eigenvalue weighted by Crippen LogP contribution is -2.39. The molecule has 1 N–H and O–H groups in total. The molecule has 24 heavy (non-hydrogen) atoms. The Hall–Kier alpha value is -3.29. The SMILES string of the molecule is Cc1nc(Cn2c(=O)c3nc[nH]c3n(C)c2=O)nc2ccccc12. The van der Waals surface area contributed by atoms with Gasteiger partial charge in [0.2, 0.25) is 0 Å². The van der Waals surface area contributed by atoms with Crippen LogP contribution >= 0.6 is 0 Å². The maximum absolute atomic E-state index is 12.5. The van der Waals surface area contributed by atoms with Crippen molar-refractivity contribution in [1.82, 2.24) is 29.1 Å². The second-order valence-electron chi connectivity index (χ2n) is 5.58. The lowest BCUT2D eigenvalue weighted by molar-refractivity contribution is 0.636. The van der Waals surface area contributed by atoms with E-state index in [0.29, 0.717) is 11.5 Å². The molecule has 0 aliphatic rings. The smallest absolute Gasteiger partial charge is 0.330 e. The van der Waals surface area contributed by atoms with Crippen LogP contribution in [-0.2, 0) is 13.6 Å². The quantitative estimate of drug-likeness (QED) is 0.586. The number of imidazole rings is 1. The summed E-state index contributed by atoms with van der Waals surface area (Å²) >= 11 is 0. The number of fused-ring (bicyclic) bond motifs is 2. The van der Waals surface area contributed by atoms with Crippen molar-refractivity contribution in [2.75, 3.05) is 0 Å². The number of hydrogen-bond acceptors (Lipinski definition) is 5. The van der Waals surface area contributed by atoms with Gasteiger partial charge in [0.05, 0.1) is 18.4 Å². The fraction of sp³-hybridized carbons (Fsp3) is 0.188. The molecule has 3 heterocycles. The summed E-state index contributed by atoms with van der Waals surface area (Å²) in [5.41, 5.74) is 1.31. The predicted molar refractivity (Wildman–Crippen MR) is 89.0 cm³/mol. The van der Waals surface area contributed by atoms with Crippen molar-refractivity contribution in [1.29, 1.82) is 0 Å². The van der Waals surface area contributed by atoms with Crippen molar-refractivity contribution in [3.05, 3.63) is 62.9 Å². The number of aryl methyl sites for hydroxylation is 2. The highest BCUT2D eigenvalue weighted by atomic mass is 16.2. The average molecular weight is 322 g/mol. The normalized spacial score (nSPS) is 11.4. The van der Waals surface area contributed by atoms with Crippen LogP contribution in [0.2, 0.25) is 0 Å². The number of rotatable bonds is 2. The van der Waals surface area contributed by atoms with Gasteiger partial charge in [-0.05, 0) is 13.0 Å². The zero-order chi connectivity index (χ0) is 16.8. The van der Waals surface area contributed by atoms with Crippen molar-refractivity contribution in [2.45, 2.75) is 13.5 Å². The summed E-state index contributed by atoms with van der Waals surface area (Å²) < 4.78 is 2.46. The summed E-state index contributed by atoms with van der Waals surface area (Å²) in [6.07, 6.45) is 1.40. The van der Waals surface area contributed by atoms with E-state index in [0.717, 1.165) is 21.2 Å². The maximum Gasteiger partial charge on any atom is 0.332 e. The lowest BCUT2D eigenvalue weighted by atomic mass is 10.2. The molecule has 4 aromatic rings. The summed E-state index contributed by atoms with van der Waals surface area (Å²) in [4.78, 5) is 40.7. The molecule has 8 nitrogen and oxygen atoms in total. The monoisotopic (exact) mass is 322 g/mol. The first kappa shape index (κ1) is 14.3. The van der Waals surface area contributed by atoms with E-state index in [1.54, 1.807) is 7.05 Å². The Labute approximate surface area is 135 Å².